The molecular formula is C22H30O4Si. The van der Waals surface area contributed by atoms with Crippen LogP contribution in [0.3, 0.4) is 0 Å². The summed E-state index contributed by atoms with van der Waals surface area (Å²) in [6.45, 7) is 6.49. The Balaban J connectivity index is 2.51. The van der Waals surface area contributed by atoms with Crippen LogP contribution in [0.5, 0.6) is 0 Å². The van der Waals surface area contributed by atoms with Crippen molar-refractivity contribution in [3.63, 3.8) is 0 Å². The van der Waals surface area contributed by atoms with E-state index in [1.54, 1.807) is 0 Å². The van der Waals surface area contributed by atoms with Crippen molar-refractivity contribution in [2.75, 3.05) is 13.2 Å². The molecule has 0 aromatic heterocycles. The first-order valence-corrected chi connectivity index (χ1v) is 11.2. The number of carbonyl (C=O) groups excluding carboxylic acids is 1. The maximum atomic E-state index is 10.8. The van der Waals surface area contributed by atoms with Crippen molar-refractivity contribution in [1.29, 1.82) is 0 Å². The lowest BCUT2D eigenvalue weighted by atomic mass is 10.0. The zero-order valence-corrected chi connectivity index (χ0v) is 17.3. The Morgan fingerprint density at radius 2 is 1.48 bits per heavy atom. The van der Waals surface area contributed by atoms with Crippen LogP contribution in [-0.2, 0) is 9.22 Å². The molecule has 146 valence electrons. The van der Waals surface area contributed by atoms with E-state index in [0.29, 0.717) is 6.29 Å². The normalized spacial score (nSPS) is 14.6. The van der Waals surface area contributed by atoms with Crippen LogP contribution in [0.25, 0.3) is 0 Å². The highest BCUT2D eigenvalue weighted by atomic mass is 28.4. The third kappa shape index (κ3) is 4.74. The summed E-state index contributed by atoms with van der Waals surface area (Å²) >= 11 is 0. The van der Waals surface area contributed by atoms with Crippen LogP contribution in [-0.4, -0.2) is 44.1 Å². The summed E-state index contributed by atoms with van der Waals surface area (Å²) in [7, 11) is -2.71. The SMILES string of the molecule is CC(C)(C)[Si](OC[C@H](CO)[C@@H](O)CC=O)(c1ccccc1)c1ccccc1. The molecular weight excluding hydrogens is 356 g/mol. The molecule has 0 aliphatic carbocycles. The van der Waals surface area contributed by atoms with Gasteiger partial charge < -0.3 is 19.4 Å². The number of rotatable bonds is 9. The first-order valence-electron chi connectivity index (χ1n) is 9.34. The molecule has 0 saturated heterocycles. The fourth-order valence-corrected chi connectivity index (χ4v) is 8.19. The van der Waals surface area contributed by atoms with Gasteiger partial charge in [-0.05, 0) is 15.4 Å². The largest absolute Gasteiger partial charge is 0.407 e. The van der Waals surface area contributed by atoms with Gasteiger partial charge in [-0.25, -0.2) is 0 Å². The second kappa shape index (κ2) is 9.42. The van der Waals surface area contributed by atoms with Crippen molar-refractivity contribution >= 4 is 25.0 Å². The molecule has 2 rings (SSSR count). The van der Waals surface area contributed by atoms with Crippen molar-refractivity contribution in [1.82, 2.24) is 0 Å². The summed E-state index contributed by atoms with van der Waals surface area (Å²) < 4.78 is 6.69. The molecule has 0 aliphatic heterocycles. The summed E-state index contributed by atoms with van der Waals surface area (Å²) in [5.41, 5.74) is 0. The van der Waals surface area contributed by atoms with Crippen LogP contribution >= 0.6 is 0 Å². The Morgan fingerprint density at radius 1 is 1.00 bits per heavy atom. The van der Waals surface area contributed by atoms with Crippen LogP contribution < -0.4 is 10.4 Å². The van der Waals surface area contributed by atoms with E-state index in [4.69, 9.17) is 4.43 Å². The van der Waals surface area contributed by atoms with Crippen molar-refractivity contribution in [2.45, 2.75) is 38.3 Å². The molecule has 2 N–H and O–H groups in total. The zero-order chi connectivity index (χ0) is 19.9. The highest BCUT2D eigenvalue weighted by Crippen LogP contribution is 2.37. The molecule has 0 fully saturated rings. The predicted molar refractivity (Wildman–Crippen MR) is 111 cm³/mol. The summed E-state index contributed by atoms with van der Waals surface area (Å²) in [6.07, 6.45) is -0.239. The molecule has 0 radical (unpaired) electrons. The molecule has 0 bridgehead atoms. The molecule has 27 heavy (non-hydrogen) atoms. The average molecular weight is 387 g/mol. The van der Waals surface area contributed by atoms with E-state index >= 15 is 0 Å². The number of hydrogen-bond acceptors (Lipinski definition) is 4. The Kier molecular flexibility index (Phi) is 7.50. The van der Waals surface area contributed by atoms with E-state index in [1.807, 2.05) is 36.4 Å². The minimum absolute atomic E-state index is 0.00463. The van der Waals surface area contributed by atoms with Crippen molar-refractivity contribution < 1.29 is 19.4 Å². The lowest BCUT2D eigenvalue weighted by molar-refractivity contribution is -0.110. The molecule has 0 unspecified atom stereocenters. The summed E-state index contributed by atoms with van der Waals surface area (Å²) in [4.78, 5) is 10.8. The Morgan fingerprint density at radius 3 is 1.85 bits per heavy atom. The molecule has 4 nitrogen and oxygen atoms in total. The fraction of sp³-hybridized carbons (Fsp3) is 0.409. The highest BCUT2D eigenvalue weighted by molar-refractivity contribution is 6.99. The van der Waals surface area contributed by atoms with Crippen molar-refractivity contribution in [2.24, 2.45) is 5.92 Å². The van der Waals surface area contributed by atoms with Crippen molar-refractivity contribution in [3.05, 3.63) is 60.7 Å². The van der Waals surface area contributed by atoms with E-state index in [1.165, 1.54) is 0 Å². The third-order valence-corrected chi connectivity index (χ3v) is 10.1. The number of benzene rings is 2. The Bertz CT molecular complexity index is 658. The third-order valence-electron chi connectivity index (χ3n) is 5.05. The second-order valence-electron chi connectivity index (χ2n) is 7.89. The smallest absolute Gasteiger partial charge is 0.261 e. The minimum Gasteiger partial charge on any atom is -0.407 e. The van der Waals surface area contributed by atoms with Crippen LogP contribution in [0.15, 0.2) is 60.7 Å². The van der Waals surface area contributed by atoms with E-state index in [9.17, 15) is 15.0 Å². The van der Waals surface area contributed by atoms with Crippen LogP contribution in [0.2, 0.25) is 5.04 Å². The number of carbonyl (C=O) groups is 1. The molecule has 2 aromatic carbocycles. The summed E-state index contributed by atoms with van der Waals surface area (Å²) in [6, 6.07) is 20.4. The standard InChI is InChI=1S/C22H30O4Si/c1-22(2,3)27(19-10-6-4-7-11-19,20-12-8-5-9-13-20)26-17-18(16-24)21(25)14-15-23/h4-13,15,18,21,24-25H,14,16-17H2,1-3H3/t18-,21-/m0/s1. The van der Waals surface area contributed by atoms with E-state index in [-0.39, 0.29) is 24.7 Å². The van der Waals surface area contributed by atoms with Gasteiger partial charge in [0.15, 0.2) is 0 Å². The van der Waals surface area contributed by atoms with Crippen LogP contribution in [0.4, 0.5) is 0 Å². The number of hydrogen-bond donors (Lipinski definition) is 2. The molecule has 2 atom stereocenters. The van der Waals surface area contributed by atoms with Gasteiger partial charge in [0.1, 0.15) is 6.29 Å². The second-order valence-corrected chi connectivity index (χ2v) is 12.2. The number of aliphatic hydroxyl groups is 2. The highest BCUT2D eigenvalue weighted by Gasteiger charge is 2.50. The molecule has 0 aliphatic rings. The zero-order valence-electron chi connectivity index (χ0n) is 16.3. The fourth-order valence-electron chi connectivity index (χ4n) is 3.57. The maximum Gasteiger partial charge on any atom is 0.261 e. The predicted octanol–water partition coefficient (Wildman–Crippen LogP) is 2.12. The van der Waals surface area contributed by atoms with Gasteiger partial charge in [0, 0.05) is 18.9 Å². The van der Waals surface area contributed by atoms with Crippen LogP contribution in [0, 0.1) is 5.92 Å². The van der Waals surface area contributed by atoms with E-state index in [2.05, 4.69) is 45.0 Å². The van der Waals surface area contributed by atoms with Gasteiger partial charge in [-0.2, -0.15) is 0 Å². The summed E-state index contributed by atoms with van der Waals surface area (Å²) in [5.74, 6) is -0.503. The molecule has 0 heterocycles. The van der Waals surface area contributed by atoms with Gasteiger partial charge in [-0.3, -0.25) is 0 Å². The van der Waals surface area contributed by atoms with Gasteiger partial charge in [0.05, 0.1) is 12.7 Å². The first-order chi connectivity index (χ1) is 12.9. The monoisotopic (exact) mass is 386 g/mol. The van der Waals surface area contributed by atoms with Gasteiger partial charge in [0.2, 0.25) is 0 Å². The number of aliphatic hydroxyl groups excluding tert-OH is 2. The summed E-state index contributed by atoms with van der Waals surface area (Å²) in [5, 5.41) is 22.0. The first kappa shape index (κ1) is 21.5. The van der Waals surface area contributed by atoms with Crippen molar-refractivity contribution in [3.8, 4) is 0 Å². The molecule has 5 heteroatoms. The minimum atomic E-state index is -2.71. The van der Waals surface area contributed by atoms with Gasteiger partial charge in [-0.1, -0.05) is 81.4 Å². The van der Waals surface area contributed by atoms with Gasteiger partial charge in [-0.15, -0.1) is 0 Å². The number of aldehydes is 1. The van der Waals surface area contributed by atoms with Crippen LogP contribution in [0.1, 0.15) is 27.2 Å². The van der Waals surface area contributed by atoms with E-state index < -0.39 is 20.3 Å². The molecule has 2 aromatic rings. The maximum absolute atomic E-state index is 10.8. The quantitative estimate of drug-likeness (QED) is 0.512. The molecule has 0 spiro atoms. The van der Waals surface area contributed by atoms with Gasteiger partial charge >= 0.3 is 0 Å². The van der Waals surface area contributed by atoms with E-state index in [0.717, 1.165) is 10.4 Å². The van der Waals surface area contributed by atoms with Gasteiger partial charge in [0.25, 0.3) is 8.32 Å². The average Bonchev–Trinajstić information content (AvgIpc) is 2.66. The Hall–Kier alpha value is -1.79. The molecule has 0 amide bonds. The molecule has 0 saturated carbocycles. The Labute approximate surface area is 163 Å². The lowest BCUT2D eigenvalue weighted by Crippen LogP contribution is -2.67. The topological polar surface area (TPSA) is 66.8 Å². The lowest BCUT2D eigenvalue weighted by Gasteiger charge is -2.44.